The number of rotatable bonds is 4. The number of benzene rings is 1. The zero-order valence-corrected chi connectivity index (χ0v) is 12.1. The molecule has 2 N–H and O–H groups in total. The summed E-state index contributed by atoms with van der Waals surface area (Å²) in [6, 6.07) is 13.0. The van der Waals surface area contributed by atoms with Gasteiger partial charge < -0.3 is 5.73 Å². The Morgan fingerprint density at radius 1 is 1.00 bits per heavy atom. The van der Waals surface area contributed by atoms with Crippen LogP contribution in [0.25, 0.3) is 0 Å². The second kappa shape index (κ2) is 5.68. The van der Waals surface area contributed by atoms with Gasteiger partial charge in [-0.05, 0) is 35.6 Å². The summed E-state index contributed by atoms with van der Waals surface area (Å²) in [7, 11) is 0. The molecule has 0 saturated carbocycles. The van der Waals surface area contributed by atoms with E-state index in [9.17, 15) is 0 Å². The van der Waals surface area contributed by atoms with Crippen molar-refractivity contribution in [3.63, 3.8) is 0 Å². The minimum atomic E-state index is 0.0107. The van der Waals surface area contributed by atoms with Crippen LogP contribution in [0.2, 0.25) is 0 Å². The summed E-state index contributed by atoms with van der Waals surface area (Å²) < 4.78 is 0. The highest BCUT2D eigenvalue weighted by molar-refractivity contribution is 7.12. The molecule has 1 aromatic carbocycles. The zero-order valence-electron chi connectivity index (χ0n) is 11.3. The standard InChI is InChI=1S/C16H21NS/c1-4-14-9-10-15(18-14)16(17)13-7-5-12(6-8-13)11(2)3/h5-11,16H,4,17H2,1-3H3. The predicted octanol–water partition coefficient (Wildman–Crippen LogP) is 4.48. The fourth-order valence-electron chi connectivity index (χ4n) is 2.00. The van der Waals surface area contributed by atoms with E-state index in [4.69, 9.17) is 5.73 Å². The Bertz CT molecular complexity index is 496. The Morgan fingerprint density at radius 2 is 1.61 bits per heavy atom. The highest BCUT2D eigenvalue weighted by Crippen LogP contribution is 2.27. The fraction of sp³-hybridized carbons (Fsp3) is 0.375. The highest BCUT2D eigenvalue weighted by Gasteiger charge is 2.11. The van der Waals surface area contributed by atoms with Crippen LogP contribution in [-0.2, 0) is 6.42 Å². The average molecular weight is 259 g/mol. The Balaban J connectivity index is 2.20. The van der Waals surface area contributed by atoms with Crippen LogP contribution in [-0.4, -0.2) is 0 Å². The summed E-state index contributed by atoms with van der Waals surface area (Å²) in [5.74, 6) is 0.573. The molecule has 0 saturated heterocycles. The maximum absolute atomic E-state index is 6.32. The molecular weight excluding hydrogens is 238 g/mol. The van der Waals surface area contributed by atoms with Gasteiger partial charge in [0.15, 0.2) is 0 Å². The van der Waals surface area contributed by atoms with Gasteiger partial charge in [0.2, 0.25) is 0 Å². The van der Waals surface area contributed by atoms with Gasteiger partial charge in [0.05, 0.1) is 6.04 Å². The van der Waals surface area contributed by atoms with Gasteiger partial charge in [0.1, 0.15) is 0 Å². The van der Waals surface area contributed by atoms with E-state index in [-0.39, 0.29) is 6.04 Å². The third-order valence-electron chi connectivity index (χ3n) is 3.30. The lowest BCUT2D eigenvalue weighted by Gasteiger charge is -2.12. The molecule has 2 heteroatoms. The summed E-state index contributed by atoms with van der Waals surface area (Å²) in [5.41, 5.74) is 8.89. The van der Waals surface area contributed by atoms with Crippen molar-refractivity contribution in [3.05, 3.63) is 57.3 Å². The van der Waals surface area contributed by atoms with Crippen molar-refractivity contribution in [2.75, 3.05) is 0 Å². The van der Waals surface area contributed by atoms with Crippen molar-refractivity contribution in [3.8, 4) is 0 Å². The molecule has 18 heavy (non-hydrogen) atoms. The van der Waals surface area contributed by atoms with Crippen LogP contribution in [0, 0.1) is 0 Å². The SMILES string of the molecule is CCc1ccc(C(N)c2ccc(C(C)C)cc2)s1. The molecule has 96 valence electrons. The normalized spacial score (nSPS) is 12.9. The van der Waals surface area contributed by atoms with Crippen LogP contribution >= 0.6 is 11.3 Å². The van der Waals surface area contributed by atoms with Crippen LogP contribution in [0.5, 0.6) is 0 Å². The first-order valence-corrected chi connectivity index (χ1v) is 7.37. The Hall–Kier alpha value is -1.12. The third kappa shape index (κ3) is 2.82. The van der Waals surface area contributed by atoms with Crippen molar-refractivity contribution in [1.82, 2.24) is 0 Å². The molecular formula is C16H21NS. The first-order valence-electron chi connectivity index (χ1n) is 6.56. The molecule has 2 aromatic rings. The van der Waals surface area contributed by atoms with Gasteiger partial charge in [-0.3, -0.25) is 0 Å². The smallest absolute Gasteiger partial charge is 0.0646 e. The van der Waals surface area contributed by atoms with Crippen molar-refractivity contribution in [2.45, 2.75) is 39.2 Å². The molecule has 0 spiro atoms. The maximum atomic E-state index is 6.32. The van der Waals surface area contributed by atoms with Crippen LogP contribution < -0.4 is 5.73 Å². The van der Waals surface area contributed by atoms with E-state index in [1.807, 2.05) is 11.3 Å². The molecule has 2 rings (SSSR count). The van der Waals surface area contributed by atoms with E-state index in [1.54, 1.807) is 0 Å². The quantitative estimate of drug-likeness (QED) is 0.860. The summed E-state index contributed by atoms with van der Waals surface area (Å²) in [6.07, 6.45) is 1.09. The van der Waals surface area contributed by atoms with Gasteiger partial charge in [0, 0.05) is 9.75 Å². The molecule has 0 radical (unpaired) electrons. The molecule has 0 aliphatic rings. The fourth-order valence-corrected chi connectivity index (χ4v) is 2.99. The number of nitrogens with two attached hydrogens (primary N) is 1. The largest absolute Gasteiger partial charge is 0.320 e. The van der Waals surface area contributed by atoms with E-state index in [0.29, 0.717) is 5.92 Å². The van der Waals surface area contributed by atoms with Crippen LogP contribution in [0.1, 0.15) is 53.6 Å². The Labute approximate surface area is 114 Å². The van der Waals surface area contributed by atoms with E-state index < -0.39 is 0 Å². The highest BCUT2D eigenvalue weighted by atomic mass is 32.1. The van der Waals surface area contributed by atoms with Gasteiger partial charge in [-0.15, -0.1) is 11.3 Å². The van der Waals surface area contributed by atoms with Gasteiger partial charge in [-0.2, -0.15) is 0 Å². The molecule has 1 atom stereocenters. The molecule has 0 aliphatic heterocycles. The van der Waals surface area contributed by atoms with Crippen LogP contribution in [0.4, 0.5) is 0 Å². The second-order valence-electron chi connectivity index (χ2n) is 4.96. The molecule has 0 fully saturated rings. The molecule has 1 unspecified atom stereocenters. The summed E-state index contributed by atoms with van der Waals surface area (Å²) in [6.45, 7) is 6.60. The lowest BCUT2D eigenvalue weighted by Crippen LogP contribution is -2.10. The summed E-state index contributed by atoms with van der Waals surface area (Å²) in [5, 5.41) is 0. The molecule has 0 amide bonds. The summed E-state index contributed by atoms with van der Waals surface area (Å²) in [4.78, 5) is 2.66. The van der Waals surface area contributed by atoms with Crippen molar-refractivity contribution in [1.29, 1.82) is 0 Å². The number of aryl methyl sites for hydroxylation is 1. The maximum Gasteiger partial charge on any atom is 0.0646 e. The number of hydrogen-bond acceptors (Lipinski definition) is 2. The van der Waals surface area contributed by atoms with E-state index in [0.717, 1.165) is 6.42 Å². The van der Waals surface area contributed by atoms with Crippen LogP contribution in [0.15, 0.2) is 36.4 Å². The van der Waals surface area contributed by atoms with Crippen molar-refractivity contribution < 1.29 is 0 Å². The molecule has 0 bridgehead atoms. The van der Waals surface area contributed by atoms with E-state index in [1.165, 1.54) is 20.9 Å². The van der Waals surface area contributed by atoms with Crippen molar-refractivity contribution >= 4 is 11.3 Å². The average Bonchev–Trinajstić information content (AvgIpc) is 2.86. The lowest BCUT2D eigenvalue weighted by molar-refractivity contribution is 0.854. The monoisotopic (exact) mass is 259 g/mol. The second-order valence-corrected chi connectivity index (χ2v) is 6.16. The zero-order chi connectivity index (χ0) is 13.1. The lowest BCUT2D eigenvalue weighted by atomic mass is 9.99. The van der Waals surface area contributed by atoms with Gasteiger partial charge >= 0.3 is 0 Å². The molecule has 1 nitrogen and oxygen atoms in total. The Morgan fingerprint density at radius 3 is 2.11 bits per heavy atom. The van der Waals surface area contributed by atoms with Gasteiger partial charge in [-0.1, -0.05) is 45.0 Å². The molecule has 0 aliphatic carbocycles. The van der Waals surface area contributed by atoms with E-state index >= 15 is 0 Å². The molecule has 1 heterocycles. The first-order chi connectivity index (χ1) is 8.61. The van der Waals surface area contributed by atoms with Crippen LogP contribution in [0.3, 0.4) is 0 Å². The van der Waals surface area contributed by atoms with E-state index in [2.05, 4.69) is 57.2 Å². The molecule has 1 aromatic heterocycles. The summed E-state index contributed by atoms with van der Waals surface area (Å²) >= 11 is 1.82. The van der Waals surface area contributed by atoms with Gasteiger partial charge in [0.25, 0.3) is 0 Å². The first kappa shape index (κ1) is 13.3. The van der Waals surface area contributed by atoms with Crippen molar-refractivity contribution in [2.24, 2.45) is 5.73 Å². The minimum absolute atomic E-state index is 0.0107. The topological polar surface area (TPSA) is 26.0 Å². The Kier molecular flexibility index (Phi) is 4.20. The predicted molar refractivity (Wildman–Crippen MR) is 80.3 cm³/mol. The minimum Gasteiger partial charge on any atom is -0.320 e. The number of hydrogen-bond donors (Lipinski definition) is 1. The third-order valence-corrected chi connectivity index (χ3v) is 4.61. The van der Waals surface area contributed by atoms with Gasteiger partial charge in [-0.25, -0.2) is 0 Å². The number of thiophene rings is 1.